The molecule has 1 aromatic heterocycles. The van der Waals surface area contributed by atoms with Gasteiger partial charge in [-0.2, -0.15) is 0 Å². The summed E-state index contributed by atoms with van der Waals surface area (Å²) in [5.41, 5.74) is 1.75. The fraction of sp³-hybridized carbons (Fsp3) is 0.179. The average Bonchev–Trinajstić information content (AvgIpc) is 3.43. The third-order valence-electron chi connectivity index (χ3n) is 5.39. The summed E-state index contributed by atoms with van der Waals surface area (Å²) in [5.74, 6) is -0.776. The highest BCUT2D eigenvalue weighted by molar-refractivity contribution is 6.03. The fourth-order valence-electron chi connectivity index (χ4n) is 3.65. The molecule has 2 N–H and O–H groups in total. The van der Waals surface area contributed by atoms with E-state index in [0.29, 0.717) is 11.5 Å². The van der Waals surface area contributed by atoms with Crippen LogP contribution in [0, 0.1) is 0 Å². The van der Waals surface area contributed by atoms with Crippen molar-refractivity contribution < 1.29 is 28.3 Å². The number of carbonyl (C=O) groups excluding carboxylic acids is 3. The second-order valence-electron chi connectivity index (χ2n) is 7.95. The lowest BCUT2D eigenvalue weighted by molar-refractivity contribution is 0.0512. The molecule has 0 aliphatic heterocycles. The normalized spacial score (nSPS) is 11.3. The van der Waals surface area contributed by atoms with Crippen molar-refractivity contribution in [1.82, 2.24) is 15.5 Å². The largest absolute Gasteiger partial charge is 0.462 e. The van der Waals surface area contributed by atoms with Crippen LogP contribution in [-0.4, -0.2) is 41.4 Å². The smallest absolute Gasteiger partial charge is 0.340 e. The van der Waals surface area contributed by atoms with Crippen LogP contribution in [0.2, 0.25) is 0 Å². The predicted octanol–water partition coefficient (Wildman–Crippen LogP) is 5.00. The Labute approximate surface area is 219 Å². The highest BCUT2D eigenvalue weighted by atomic mass is 16.5. The first-order valence-corrected chi connectivity index (χ1v) is 12.0. The van der Waals surface area contributed by atoms with E-state index < -0.39 is 24.0 Å². The molecule has 0 aliphatic carbocycles. The molecule has 4 aromatic rings. The Morgan fingerprint density at radius 1 is 0.842 bits per heavy atom. The molecular weight excluding hydrogens is 488 g/mol. The number of aromatic nitrogens is 2. The first-order chi connectivity index (χ1) is 18.5. The van der Waals surface area contributed by atoms with Gasteiger partial charge < -0.3 is 24.5 Å². The molecule has 38 heavy (non-hydrogen) atoms. The van der Waals surface area contributed by atoms with Crippen molar-refractivity contribution >= 4 is 23.7 Å². The summed E-state index contributed by atoms with van der Waals surface area (Å²) >= 11 is 0. The molecule has 3 aromatic carbocycles. The molecule has 0 spiro atoms. The molecule has 2 amide bonds. The summed E-state index contributed by atoms with van der Waals surface area (Å²) in [6.45, 7) is 3.67. The van der Waals surface area contributed by atoms with Gasteiger partial charge >= 0.3 is 18.0 Å². The Hall–Kier alpha value is -4.99. The molecule has 194 valence electrons. The van der Waals surface area contributed by atoms with Crippen molar-refractivity contribution in [3.8, 4) is 11.5 Å². The van der Waals surface area contributed by atoms with Crippen molar-refractivity contribution in [3.63, 3.8) is 0 Å². The minimum absolute atomic E-state index is 0.0776. The Balaban J connectivity index is 1.63. The van der Waals surface area contributed by atoms with E-state index in [9.17, 15) is 14.4 Å². The number of hydrogen-bond acceptors (Lipinski definition) is 8. The van der Waals surface area contributed by atoms with Gasteiger partial charge in [0, 0.05) is 5.56 Å². The average molecular weight is 515 g/mol. The van der Waals surface area contributed by atoms with Crippen LogP contribution in [0.1, 0.15) is 52.1 Å². The first-order valence-electron chi connectivity index (χ1n) is 12.0. The molecule has 1 atom stereocenters. The van der Waals surface area contributed by atoms with Crippen LogP contribution in [0.5, 0.6) is 0 Å². The number of amides is 2. The molecule has 0 saturated heterocycles. The van der Waals surface area contributed by atoms with Gasteiger partial charge in [0.1, 0.15) is 6.04 Å². The summed E-state index contributed by atoms with van der Waals surface area (Å²) in [5, 5.41) is 13.8. The standard InChI is InChI=1S/C28H26N4O6/c1-3-36-26(33)20-15-16-21(27(34)37-4-2)22(17-20)29-28(35)30-23(18-11-7-5-8-12-18)25-32-31-24(38-25)19-13-9-6-10-14-19/h5-17,23H,3-4H2,1-2H3,(H2,29,30,35). The topological polar surface area (TPSA) is 133 Å². The van der Waals surface area contributed by atoms with Gasteiger partial charge in [-0.05, 0) is 49.7 Å². The molecule has 0 radical (unpaired) electrons. The lowest BCUT2D eigenvalue weighted by Crippen LogP contribution is -2.34. The first kappa shape index (κ1) is 26.1. The minimum Gasteiger partial charge on any atom is -0.462 e. The van der Waals surface area contributed by atoms with Crippen molar-refractivity contribution in [1.29, 1.82) is 0 Å². The van der Waals surface area contributed by atoms with Crippen LogP contribution in [0.25, 0.3) is 11.5 Å². The van der Waals surface area contributed by atoms with Crippen molar-refractivity contribution in [2.24, 2.45) is 0 Å². The van der Waals surface area contributed by atoms with Gasteiger partial charge in [0.25, 0.3) is 0 Å². The number of nitrogens with zero attached hydrogens (tertiary/aromatic N) is 2. The van der Waals surface area contributed by atoms with Crippen LogP contribution in [0.3, 0.4) is 0 Å². The zero-order chi connectivity index (χ0) is 26.9. The Morgan fingerprint density at radius 3 is 2.18 bits per heavy atom. The molecule has 0 aliphatic rings. The summed E-state index contributed by atoms with van der Waals surface area (Å²) in [6, 6.07) is 21.1. The van der Waals surface area contributed by atoms with E-state index in [0.717, 1.165) is 5.56 Å². The molecule has 0 fully saturated rings. The van der Waals surface area contributed by atoms with Gasteiger partial charge in [-0.25, -0.2) is 14.4 Å². The van der Waals surface area contributed by atoms with E-state index >= 15 is 0 Å². The number of urea groups is 1. The van der Waals surface area contributed by atoms with Gasteiger partial charge in [-0.1, -0.05) is 48.5 Å². The zero-order valence-corrected chi connectivity index (χ0v) is 20.8. The highest BCUT2D eigenvalue weighted by Gasteiger charge is 2.25. The maximum atomic E-state index is 13.2. The summed E-state index contributed by atoms with van der Waals surface area (Å²) in [4.78, 5) is 38.0. The lowest BCUT2D eigenvalue weighted by Gasteiger charge is -2.18. The molecule has 10 nitrogen and oxygen atoms in total. The van der Waals surface area contributed by atoms with Crippen molar-refractivity contribution in [3.05, 3.63) is 101 Å². The third kappa shape index (κ3) is 6.22. The lowest BCUT2D eigenvalue weighted by atomic mass is 10.1. The van der Waals surface area contributed by atoms with Crippen LogP contribution in [-0.2, 0) is 9.47 Å². The van der Waals surface area contributed by atoms with Gasteiger partial charge in [-0.15, -0.1) is 10.2 Å². The van der Waals surface area contributed by atoms with E-state index in [4.69, 9.17) is 13.9 Å². The number of nitrogens with one attached hydrogen (secondary N) is 2. The second-order valence-corrected chi connectivity index (χ2v) is 7.95. The monoisotopic (exact) mass is 514 g/mol. The highest BCUT2D eigenvalue weighted by Crippen LogP contribution is 2.26. The summed E-state index contributed by atoms with van der Waals surface area (Å²) in [7, 11) is 0. The predicted molar refractivity (Wildman–Crippen MR) is 139 cm³/mol. The van der Waals surface area contributed by atoms with Crippen LogP contribution in [0.15, 0.2) is 83.3 Å². The number of ether oxygens (including phenoxy) is 2. The van der Waals surface area contributed by atoms with Crippen molar-refractivity contribution in [2.75, 3.05) is 18.5 Å². The number of esters is 2. The Bertz CT molecular complexity index is 1410. The number of carbonyl (C=O) groups is 3. The molecule has 10 heteroatoms. The number of hydrogen-bond donors (Lipinski definition) is 2. The van der Waals surface area contributed by atoms with E-state index in [-0.39, 0.29) is 35.9 Å². The maximum absolute atomic E-state index is 13.2. The van der Waals surface area contributed by atoms with E-state index in [1.54, 1.807) is 13.8 Å². The number of rotatable bonds is 9. The molecule has 0 saturated carbocycles. The SMILES string of the molecule is CCOC(=O)c1ccc(C(=O)OCC)c(NC(=O)NC(c2ccccc2)c2nnc(-c3ccccc3)o2)c1. The van der Waals surface area contributed by atoms with E-state index in [1.807, 2.05) is 60.7 Å². The van der Waals surface area contributed by atoms with Crippen LogP contribution >= 0.6 is 0 Å². The molecule has 0 bridgehead atoms. The molecule has 4 rings (SSSR count). The van der Waals surface area contributed by atoms with E-state index in [1.165, 1.54) is 18.2 Å². The van der Waals surface area contributed by atoms with Gasteiger partial charge in [-0.3, -0.25) is 0 Å². The third-order valence-corrected chi connectivity index (χ3v) is 5.39. The van der Waals surface area contributed by atoms with Crippen molar-refractivity contribution in [2.45, 2.75) is 19.9 Å². The minimum atomic E-state index is -0.805. The van der Waals surface area contributed by atoms with Gasteiger partial charge in [0.15, 0.2) is 0 Å². The summed E-state index contributed by atoms with van der Waals surface area (Å²) in [6.07, 6.45) is 0. The zero-order valence-electron chi connectivity index (χ0n) is 20.8. The summed E-state index contributed by atoms with van der Waals surface area (Å²) < 4.78 is 16.1. The number of anilines is 1. The van der Waals surface area contributed by atoms with E-state index in [2.05, 4.69) is 20.8 Å². The number of benzene rings is 3. The van der Waals surface area contributed by atoms with Gasteiger partial charge in [0.05, 0.1) is 30.0 Å². The second kappa shape index (κ2) is 12.3. The van der Waals surface area contributed by atoms with Crippen LogP contribution in [0.4, 0.5) is 10.5 Å². The Kier molecular flexibility index (Phi) is 8.45. The molecule has 1 unspecified atom stereocenters. The van der Waals surface area contributed by atoms with Gasteiger partial charge in [0.2, 0.25) is 11.8 Å². The van der Waals surface area contributed by atoms with Crippen LogP contribution < -0.4 is 10.6 Å². The fourth-order valence-corrected chi connectivity index (χ4v) is 3.65. The Morgan fingerprint density at radius 2 is 1.50 bits per heavy atom. The molecular formula is C28H26N4O6. The quantitative estimate of drug-likeness (QED) is 0.298. The molecule has 1 heterocycles. The maximum Gasteiger partial charge on any atom is 0.340 e.